The minimum Gasteiger partial charge on any atom is -0.481 e. The van der Waals surface area contributed by atoms with Gasteiger partial charge in [-0.05, 0) is 6.92 Å². The van der Waals surface area contributed by atoms with Crippen LogP contribution in [-0.2, 0) is 9.53 Å². The van der Waals surface area contributed by atoms with E-state index in [4.69, 9.17) is 27.9 Å². The molecule has 1 N–H and O–H groups in total. The molecule has 1 fully saturated rings. The highest BCUT2D eigenvalue weighted by Gasteiger charge is 2.38. The highest BCUT2D eigenvalue weighted by atomic mass is 35.5. The Morgan fingerprint density at radius 1 is 1.53 bits per heavy atom. The maximum absolute atomic E-state index is 11.2. The summed E-state index contributed by atoms with van der Waals surface area (Å²) in [6.07, 6.45) is 0. The number of hydrogen-bond donors (Lipinski definition) is 1. The van der Waals surface area contributed by atoms with Crippen LogP contribution in [0.25, 0.3) is 0 Å². The molecule has 8 heteroatoms. The third-order valence-corrected chi connectivity index (χ3v) is 3.57. The number of nitrogens with zero attached hydrogens (tertiary/aromatic N) is 3. The lowest BCUT2D eigenvalue weighted by atomic mass is 10.0. The molecule has 1 aliphatic heterocycles. The van der Waals surface area contributed by atoms with Crippen LogP contribution < -0.4 is 4.90 Å². The van der Waals surface area contributed by atoms with Crippen molar-refractivity contribution in [2.45, 2.75) is 13.0 Å². The Morgan fingerprint density at radius 3 is 2.89 bits per heavy atom. The van der Waals surface area contributed by atoms with E-state index in [9.17, 15) is 9.90 Å². The van der Waals surface area contributed by atoms with Crippen LogP contribution in [0.1, 0.15) is 6.92 Å². The topological polar surface area (TPSA) is 75.5 Å². The highest BCUT2D eigenvalue weighted by molar-refractivity contribution is 6.33. The zero-order valence-corrected chi connectivity index (χ0v) is 11.7. The molecule has 0 bridgehead atoms. The summed E-state index contributed by atoms with van der Waals surface area (Å²) in [6, 6.07) is 1.29. The lowest BCUT2D eigenvalue weighted by Crippen LogP contribution is -2.43. The van der Waals surface area contributed by atoms with Gasteiger partial charge in [0, 0.05) is 12.6 Å². The van der Waals surface area contributed by atoms with Gasteiger partial charge in [-0.2, -0.15) is 0 Å². The lowest BCUT2D eigenvalue weighted by molar-refractivity contribution is -0.141. The summed E-state index contributed by atoms with van der Waals surface area (Å²) in [5.41, 5.74) is 0.575. The number of ether oxygens (including phenoxy) is 1. The Hall–Kier alpha value is -1.11. The summed E-state index contributed by atoms with van der Waals surface area (Å²) in [7, 11) is 0. The molecule has 1 saturated heterocycles. The van der Waals surface area contributed by atoms with Crippen LogP contribution in [0.5, 0.6) is 0 Å². The maximum Gasteiger partial charge on any atom is 0.311 e. The summed E-state index contributed by atoms with van der Waals surface area (Å²) in [5.74, 6) is -1.48. The van der Waals surface area contributed by atoms with E-state index < -0.39 is 11.9 Å². The van der Waals surface area contributed by atoms with Gasteiger partial charge in [-0.1, -0.05) is 23.2 Å². The van der Waals surface area contributed by atoms with Gasteiger partial charge in [0.25, 0.3) is 0 Å². The smallest absolute Gasteiger partial charge is 0.311 e. The molecule has 2 atom stereocenters. The lowest BCUT2D eigenvalue weighted by Gasteiger charge is -2.31. The van der Waals surface area contributed by atoms with Crippen LogP contribution in [0.2, 0.25) is 10.3 Å². The molecule has 2 unspecified atom stereocenters. The molecular weight excluding hydrogens is 293 g/mol. The molecule has 19 heavy (non-hydrogen) atoms. The van der Waals surface area contributed by atoms with Crippen molar-refractivity contribution in [2.75, 3.05) is 24.7 Å². The van der Waals surface area contributed by atoms with Crippen LogP contribution in [0.15, 0.2) is 6.07 Å². The predicted octanol–water partition coefficient (Wildman–Crippen LogP) is 1.71. The Bertz CT molecular complexity index is 486. The van der Waals surface area contributed by atoms with Crippen molar-refractivity contribution in [1.29, 1.82) is 0 Å². The van der Waals surface area contributed by atoms with E-state index in [-0.39, 0.29) is 23.0 Å². The van der Waals surface area contributed by atoms with Gasteiger partial charge in [-0.15, -0.1) is 10.2 Å². The van der Waals surface area contributed by atoms with E-state index in [1.807, 2.05) is 11.8 Å². The van der Waals surface area contributed by atoms with E-state index in [1.54, 1.807) is 6.07 Å². The number of anilines is 1. The quantitative estimate of drug-likeness (QED) is 0.912. The normalized spacial score (nSPS) is 22.5. The van der Waals surface area contributed by atoms with Crippen molar-refractivity contribution >= 4 is 34.9 Å². The van der Waals surface area contributed by atoms with Gasteiger partial charge in [-0.25, -0.2) is 0 Å². The van der Waals surface area contributed by atoms with Crippen LogP contribution in [0.3, 0.4) is 0 Å². The Morgan fingerprint density at radius 2 is 2.26 bits per heavy atom. The fraction of sp³-hybridized carbons (Fsp3) is 0.545. The van der Waals surface area contributed by atoms with Crippen molar-refractivity contribution in [3.63, 3.8) is 0 Å². The second-order valence-corrected chi connectivity index (χ2v) is 4.92. The number of halogens is 2. The summed E-state index contributed by atoms with van der Waals surface area (Å²) >= 11 is 11.8. The molecule has 2 heterocycles. The Labute approximate surface area is 120 Å². The number of carboxylic acids is 1. The fourth-order valence-electron chi connectivity index (χ4n) is 2.22. The van der Waals surface area contributed by atoms with Crippen LogP contribution in [0.4, 0.5) is 5.69 Å². The fourth-order valence-corrected chi connectivity index (χ4v) is 2.56. The number of aliphatic carboxylic acids is 1. The minimum absolute atomic E-state index is 0.195. The van der Waals surface area contributed by atoms with Crippen molar-refractivity contribution in [3.05, 3.63) is 16.4 Å². The number of aromatic nitrogens is 2. The molecule has 0 spiro atoms. The number of rotatable bonds is 4. The molecule has 104 valence electrons. The molecule has 6 nitrogen and oxygen atoms in total. The zero-order chi connectivity index (χ0) is 14.0. The molecule has 2 rings (SSSR count). The highest BCUT2D eigenvalue weighted by Crippen LogP contribution is 2.31. The summed E-state index contributed by atoms with van der Waals surface area (Å²) in [5, 5.41) is 17.0. The van der Waals surface area contributed by atoms with Crippen molar-refractivity contribution in [1.82, 2.24) is 10.2 Å². The third kappa shape index (κ3) is 2.91. The Balaban J connectivity index is 2.33. The first kappa shape index (κ1) is 14.3. The molecule has 1 aromatic rings. The minimum atomic E-state index is -0.884. The second-order valence-electron chi connectivity index (χ2n) is 4.18. The number of carbonyl (C=O) groups is 1. The number of carboxylic acid groups (broad SMARTS) is 1. The molecular formula is C11H13Cl2N3O3. The molecule has 0 aromatic carbocycles. The van der Waals surface area contributed by atoms with Gasteiger partial charge < -0.3 is 14.7 Å². The second kappa shape index (κ2) is 5.90. The van der Waals surface area contributed by atoms with Crippen LogP contribution in [-0.4, -0.2) is 47.1 Å². The molecule has 1 aromatic heterocycles. The van der Waals surface area contributed by atoms with Crippen molar-refractivity contribution in [3.8, 4) is 0 Å². The molecule has 0 amide bonds. The van der Waals surface area contributed by atoms with Crippen LogP contribution in [0, 0.1) is 5.92 Å². The average Bonchev–Trinajstić information content (AvgIpc) is 2.84. The predicted molar refractivity (Wildman–Crippen MR) is 70.8 cm³/mol. The number of likely N-dealkylation sites (N-methyl/N-ethyl adjacent to an activating group) is 1. The van der Waals surface area contributed by atoms with Gasteiger partial charge in [0.05, 0.1) is 24.9 Å². The van der Waals surface area contributed by atoms with Crippen molar-refractivity contribution in [2.24, 2.45) is 5.92 Å². The van der Waals surface area contributed by atoms with E-state index in [1.165, 1.54) is 0 Å². The summed E-state index contributed by atoms with van der Waals surface area (Å²) in [4.78, 5) is 13.1. The number of hydrogen-bond acceptors (Lipinski definition) is 5. The largest absolute Gasteiger partial charge is 0.481 e. The van der Waals surface area contributed by atoms with E-state index in [0.717, 1.165) is 0 Å². The van der Waals surface area contributed by atoms with Crippen LogP contribution >= 0.6 is 23.2 Å². The maximum atomic E-state index is 11.2. The van der Waals surface area contributed by atoms with Gasteiger partial charge in [0.15, 0.2) is 10.3 Å². The first-order chi connectivity index (χ1) is 9.04. The first-order valence-electron chi connectivity index (χ1n) is 5.80. The van der Waals surface area contributed by atoms with Gasteiger partial charge >= 0.3 is 5.97 Å². The molecule has 1 aliphatic rings. The standard InChI is InChI=1S/C11H13Cl2N3O3/c1-2-16(7-3-9(12)14-15-10(7)13)8-5-19-4-6(8)11(17)18/h3,6,8H,2,4-5H2,1H3,(H,17,18). The van der Waals surface area contributed by atoms with Crippen molar-refractivity contribution < 1.29 is 14.6 Å². The van der Waals surface area contributed by atoms with Gasteiger partial charge in [-0.3, -0.25) is 4.79 Å². The summed E-state index contributed by atoms with van der Waals surface area (Å²) in [6.45, 7) is 3.00. The first-order valence-corrected chi connectivity index (χ1v) is 6.56. The SMILES string of the molecule is CCN(c1cc(Cl)nnc1Cl)C1COCC1C(=O)O. The van der Waals surface area contributed by atoms with Gasteiger partial charge in [0.1, 0.15) is 5.92 Å². The average molecular weight is 306 g/mol. The third-order valence-electron chi connectivity index (χ3n) is 3.12. The zero-order valence-electron chi connectivity index (χ0n) is 10.2. The molecule has 0 aliphatic carbocycles. The van der Waals surface area contributed by atoms with Gasteiger partial charge in [0.2, 0.25) is 0 Å². The Kier molecular flexibility index (Phi) is 4.44. The van der Waals surface area contributed by atoms with E-state index >= 15 is 0 Å². The van der Waals surface area contributed by atoms with E-state index in [2.05, 4.69) is 10.2 Å². The monoisotopic (exact) mass is 305 g/mol. The van der Waals surface area contributed by atoms with E-state index in [0.29, 0.717) is 18.8 Å². The summed E-state index contributed by atoms with van der Waals surface area (Å²) < 4.78 is 5.27. The molecule has 0 radical (unpaired) electrons. The molecule has 0 saturated carbocycles.